The zero-order valence-corrected chi connectivity index (χ0v) is 17.4. The highest BCUT2D eigenvalue weighted by atomic mass is 16.5. The first kappa shape index (κ1) is 20.7. The number of rotatable bonds is 10. The summed E-state index contributed by atoms with van der Waals surface area (Å²) in [7, 11) is 3.22. The molecule has 2 aromatic carbocycles. The van der Waals surface area contributed by atoms with E-state index in [1.165, 1.54) is 0 Å². The van der Waals surface area contributed by atoms with E-state index in [9.17, 15) is 4.79 Å². The number of hydrogen-bond acceptors (Lipinski definition) is 4. The van der Waals surface area contributed by atoms with Gasteiger partial charge in [-0.05, 0) is 42.7 Å². The Morgan fingerprint density at radius 2 is 1.86 bits per heavy atom. The summed E-state index contributed by atoms with van der Waals surface area (Å²) in [6, 6.07) is 13.9. The van der Waals surface area contributed by atoms with Gasteiger partial charge in [-0.1, -0.05) is 25.1 Å². The van der Waals surface area contributed by atoms with Gasteiger partial charge in [-0.15, -0.1) is 0 Å². The molecule has 3 rings (SSSR count). The van der Waals surface area contributed by atoms with Crippen LogP contribution in [-0.2, 0) is 24.2 Å². The van der Waals surface area contributed by atoms with E-state index in [2.05, 4.69) is 22.9 Å². The number of aryl methyl sites for hydroxylation is 2. The molecule has 1 heterocycles. The Kier molecular flexibility index (Phi) is 7.11. The number of benzene rings is 2. The van der Waals surface area contributed by atoms with E-state index < -0.39 is 0 Å². The molecule has 0 aliphatic rings. The number of methoxy groups -OCH3 is 2. The van der Waals surface area contributed by atoms with Crippen LogP contribution in [0.15, 0.2) is 42.5 Å². The number of fused-ring (bicyclic) bond motifs is 1. The molecule has 0 aliphatic carbocycles. The molecule has 154 valence electrons. The fraction of sp³-hybridized carbons (Fsp3) is 0.391. The van der Waals surface area contributed by atoms with Crippen LogP contribution in [0.5, 0.6) is 11.5 Å². The van der Waals surface area contributed by atoms with Crippen LogP contribution in [0.1, 0.15) is 31.2 Å². The standard InChI is InChI=1S/C23H29N3O3/c1-4-15-26-19-8-6-5-7-18(19)25-22(26)13-14-24-23(27)12-10-17-9-11-20(28-2)21(16-17)29-3/h5-9,11,16H,4,10,12-15H2,1-3H3,(H,24,27). The highest BCUT2D eigenvalue weighted by molar-refractivity contribution is 5.77. The first-order chi connectivity index (χ1) is 14.2. The molecular weight excluding hydrogens is 366 g/mol. The van der Waals surface area contributed by atoms with Gasteiger partial charge in [-0.3, -0.25) is 4.79 Å². The van der Waals surface area contributed by atoms with Crippen LogP contribution in [0.3, 0.4) is 0 Å². The van der Waals surface area contributed by atoms with E-state index in [4.69, 9.17) is 14.5 Å². The third-order valence-corrected chi connectivity index (χ3v) is 4.94. The molecule has 0 saturated heterocycles. The van der Waals surface area contributed by atoms with E-state index in [1.807, 2.05) is 36.4 Å². The number of amides is 1. The van der Waals surface area contributed by atoms with Crippen molar-refractivity contribution in [2.24, 2.45) is 0 Å². The Bertz CT molecular complexity index is 965. The Balaban J connectivity index is 1.53. The predicted octanol–water partition coefficient (Wildman–Crippen LogP) is 3.76. The molecule has 0 radical (unpaired) electrons. The number of nitrogens with zero attached hydrogens (tertiary/aromatic N) is 2. The minimum atomic E-state index is 0.0398. The lowest BCUT2D eigenvalue weighted by Crippen LogP contribution is -2.26. The lowest BCUT2D eigenvalue weighted by molar-refractivity contribution is -0.121. The Morgan fingerprint density at radius 3 is 2.62 bits per heavy atom. The number of ether oxygens (including phenoxy) is 2. The smallest absolute Gasteiger partial charge is 0.220 e. The van der Waals surface area contributed by atoms with Gasteiger partial charge in [-0.2, -0.15) is 0 Å². The molecule has 1 amide bonds. The number of hydrogen-bond donors (Lipinski definition) is 1. The van der Waals surface area contributed by atoms with Crippen molar-refractivity contribution in [3.8, 4) is 11.5 Å². The maximum atomic E-state index is 12.3. The second kappa shape index (κ2) is 9.96. The molecule has 0 bridgehead atoms. The lowest BCUT2D eigenvalue weighted by Gasteiger charge is -2.10. The van der Waals surface area contributed by atoms with Crippen molar-refractivity contribution in [3.63, 3.8) is 0 Å². The molecule has 0 fully saturated rings. The number of para-hydroxylation sites is 2. The van der Waals surface area contributed by atoms with Crippen LogP contribution in [0.2, 0.25) is 0 Å². The van der Waals surface area contributed by atoms with Crippen LogP contribution in [0.4, 0.5) is 0 Å². The van der Waals surface area contributed by atoms with E-state index in [1.54, 1.807) is 14.2 Å². The van der Waals surface area contributed by atoms with E-state index in [-0.39, 0.29) is 5.91 Å². The quantitative estimate of drug-likeness (QED) is 0.568. The first-order valence-electron chi connectivity index (χ1n) is 10.1. The highest BCUT2D eigenvalue weighted by Crippen LogP contribution is 2.27. The molecule has 0 unspecified atom stereocenters. The molecule has 3 aromatic rings. The maximum Gasteiger partial charge on any atom is 0.220 e. The van der Waals surface area contributed by atoms with Gasteiger partial charge in [0, 0.05) is 25.9 Å². The van der Waals surface area contributed by atoms with Crippen LogP contribution < -0.4 is 14.8 Å². The van der Waals surface area contributed by atoms with Crippen molar-refractivity contribution in [2.75, 3.05) is 20.8 Å². The zero-order valence-electron chi connectivity index (χ0n) is 17.4. The molecular formula is C23H29N3O3. The average molecular weight is 396 g/mol. The monoisotopic (exact) mass is 395 g/mol. The molecule has 0 atom stereocenters. The summed E-state index contributed by atoms with van der Waals surface area (Å²) >= 11 is 0. The lowest BCUT2D eigenvalue weighted by atomic mass is 10.1. The molecule has 6 heteroatoms. The summed E-state index contributed by atoms with van der Waals surface area (Å²) < 4.78 is 12.8. The van der Waals surface area contributed by atoms with Crippen molar-refractivity contribution in [3.05, 3.63) is 53.9 Å². The summed E-state index contributed by atoms with van der Waals surface area (Å²) in [6.07, 6.45) is 2.85. The summed E-state index contributed by atoms with van der Waals surface area (Å²) in [5.41, 5.74) is 3.21. The van der Waals surface area contributed by atoms with Crippen LogP contribution >= 0.6 is 0 Å². The zero-order chi connectivity index (χ0) is 20.6. The number of imidazole rings is 1. The van der Waals surface area contributed by atoms with Crippen molar-refractivity contribution in [2.45, 2.75) is 39.2 Å². The van der Waals surface area contributed by atoms with Gasteiger partial charge in [0.25, 0.3) is 0 Å². The largest absolute Gasteiger partial charge is 0.493 e. The van der Waals surface area contributed by atoms with Crippen molar-refractivity contribution in [1.82, 2.24) is 14.9 Å². The first-order valence-corrected chi connectivity index (χ1v) is 10.1. The summed E-state index contributed by atoms with van der Waals surface area (Å²) in [6.45, 7) is 3.68. The van der Waals surface area contributed by atoms with E-state index >= 15 is 0 Å². The third kappa shape index (κ3) is 5.08. The van der Waals surface area contributed by atoms with Crippen LogP contribution in [-0.4, -0.2) is 36.2 Å². The van der Waals surface area contributed by atoms with Gasteiger partial charge in [0.15, 0.2) is 11.5 Å². The van der Waals surface area contributed by atoms with Gasteiger partial charge >= 0.3 is 0 Å². The maximum absolute atomic E-state index is 12.3. The topological polar surface area (TPSA) is 65.4 Å². The average Bonchev–Trinajstić information content (AvgIpc) is 3.09. The van der Waals surface area contributed by atoms with Crippen molar-refractivity contribution in [1.29, 1.82) is 0 Å². The fourth-order valence-corrected chi connectivity index (χ4v) is 3.49. The minimum Gasteiger partial charge on any atom is -0.493 e. The van der Waals surface area contributed by atoms with Crippen LogP contribution in [0.25, 0.3) is 11.0 Å². The van der Waals surface area contributed by atoms with Gasteiger partial charge in [-0.25, -0.2) is 4.98 Å². The predicted molar refractivity (Wildman–Crippen MR) is 115 cm³/mol. The van der Waals surface area contributed by atoms with Gasteiger partial charge in [0.1, 0.15) is 5.82 Å². The second-order valence-electron chi connectivity index (χ2n) is 6.96. The summed E-state index contributed by atoms with van der Waals surface area (Å²) in [5, 5.41) is 3.02. The normalized spacial score (nSPS) is 10.9. The second-order valence-corrected chi connectivity index (χ2v) is 6.96. The van der Waals surface area contributed by atoms with Gasteiger partial charge in [0.05, 0.1) is 25.3 Å². The highest BCUT2D eigenvalue weighted by Gasteiger charge is 2.11. The number of aromatic nitrogens is 2. The van der Waals surface area contributed by atoms with E-state index in [0.717, 1.165) is 41.8 Å². The van der Waals surface area contributed by atoms with E-state index in [0.29, 0.717) is 30.9 Å². The SMILES string of the molecule is CCCn1c(CCNC(=O)CCc2ccc(OC)c(OC)c2)nc2ccccc21. The minimum absolute atomic E-state index is 0.0398. The Hall–Kier alpha value is -3.02. The molecule has 6 nitrogen and oxygen atoms in total. The van der Waals surface area contributed by atoms with Gasteiger partial charge in [0.2, 0.25) is 5.91 Å². The Labute approximate surface area is 171 Å². The van der Waals surface area contributed by atoms with Crippen LogP contribution in [0, 0.1) is 0 Å². The number of nitrogens with one attached hydrogen (secondary N) is 1. The molecule has 29 heavy (non-hydrogen) atoms. The van der Waals surface area contributed by atoms with Crippen molar-refractivity contribution < 1.29 is 14.3 Å². The van der Waals surface area contributed by atoms with Crippen molar-refractivity contribution >= 4 is 16.9 Å². The molecule has 1 aromatic heterocycles. The molecule has 1 N–H and O–H groups in total. The molecule has 0 aliphatic heterocycles. The number of carbonyl (C=O) groups is 1. The molecule has 0 spiro atoms. The Morgan fingerprint density at radius 1 is 1.07 bits per heavy atom. The molecule has 0 saturated carbocycles. The fourth-order valence-electron chi connectivity index (χ4n) is 3.49. The van der Waals surface area contributed by atoms with Gasteiger partial charge < -0.3 is 19.4 Å². The third-order valence-electron chi connectivity index (χ3n) is 4.94. The summed E-state index contributed by atoms with van der Waals surface area (Å²) in [4.78, 5) is 17.0. The summed E-state index contributed by atoms with van der Waals surface area (Å²) in [5.74, 6) is 2.43. The number of carbonyl (C=O) groups excluding carboxylic acids is 1.